The third kappa shape index (κ3) is 5.88. The summed E-state index contributed by atoms with van der Waals surface area (Å²) in [5.74, 6) is 0.378. The van der Waals surface area contributed by atoms with Crippen molar-refractivity contribution in [2.24, 2.45) is 0 Å². The van der Waals surface area contributed by atoms with E-state index < -0.39 is 23.3 Å². The number of aliphatic hydroxyl groups excluding tert-OH is 1. The molecule has 12 heteroatoms. The van der Waals surface area contributed by atoms with Crippen LogP contribution in [0.3, 0.4) is 0 Å². The Hall–Kier alpha value is -3.32. The van der Waals surface area contributed by atoms with Crippen LogP contribution in [-0.4, -0.2) is 69.1 Å². The summed E-state index contributed by atoms with van der Waals surface area (Å²) in [6, 6.07) is 12.8. The van der Waals surface area contributed by atoms with Gasteiger partial charge in [-0.2, -0.15) is 0 Å². The van der Waals surface area contributed by atoms with Crippen LogP contribution in [0.15, 0.2) is 57.4 Å². The fourth-order valence-corrected chi connectivity index (χ4v) is 4.71. The molecule has 0 spiro atoms. The monoisotopic (exact) mass is 593 g/mol. The van der Waals surface area contributed by atoms with E-state index in [0.717, 1.165) is 5.39 Å². The zero-order valence-electron chi connectivity index (χ0n) is 20.6. The van der Waals surface area contributed by atoms with Gasteiger partial charge in [0.25, 0.3) is 5.89 Å². The molecule has 2 aromatic heterocycles. The van der Waals surface area contributed by atoms with E-state index in [4.69, 9.17) is 13.6 Å². The maximum Gasteiger partial charge on any atom is 0.314 e. The smallest absolute Gasteiger partial charge is 0.314 e. The molecule has 5 rings (SSSR count). The van der Waals surface area contributed by atoms with Crippen LogP contribution in [0.4, 0.5) is 4.39 Å². The molecule has 0 bridgehead atoms. The third-order valence-corrected chi connectivity index (χ3v) is 6.67. The molecule has 38 heavy (non-hydrogen) atoms. The summed E-state index contributed by atoms with van der Waals surface area (Å²) in [5, 5.41) is 29.1. The number of carboxylic acid groups (broad SMARTS) is 1. The molecule has 0 saturated carbocycles. The molecule has 1 fully saturated rings. The first-order chi connectivity index (χ1) is 17.3. The number of aromatic nitrogens is 2. The highest BCUT2D eigenvalue weighted by Gasteiger charge is 2.43. The Morgan fingerprint density at radius 3 is 2.50 bits per heavy atom. The average molecular weight is 594 g/mol. The normalized spacial score (nSPS) is 15.9. The lowest BCUT2D eigenvalue weighted by Crippen LogP contribution is -2.49. The van der Waals surface area contributed by atoms with Crippen molar-refractivity contribution in [3.63, 3.8) is 0 Å². The summed E-state index contributed by atoms with van der Waals surface area (Å²) in [6.45, 7) is 3.07. The first kappa shape index (κ1) is 29.2. The molecule has 3 heterocycles. The van der Waals surface area contributed by atoms with Crippen LogP contribution in [0, 0.1) is 12.7 Å². The number of aliphatic carboxylic acids is 1. The second kappa shape index (κ2) is 12.0. The predicted molar refractivity (Wildman–Crippen MR) is 141 cm³/mol. The van der Waals surface area contributed by atoms with E-state index in [1.165, 1.54) is 12.1 Å². The maximum atomic E-state index is 13.3. The topological polar surface area (TPSA) is 154 Å². The average Bonchev–Trinajstić information content (AvgIpc) is 3.50. The number of hydrogen-bond donors (Lipinski definition) is 2. The fraction of sp³-hybridized carbons (Fsp3) is 0.346. The SMILES string of the molecule is Br.Cc1nnc(-c2cc3c(OC[C@@H](O)CN4CCC(C(=O)O)(c5ccc(F)cc5)CC4)cccc3o2)o1.O. The second-order valence-electron chi connectivity index (χ2n) is 9.06. The standard InChI is InChI=1S/C26H26FN3O6.BrH.H2O/c1-16-28-29-24(35-16)23-13-20-21(3-2-4-22(20)36-23)34-15-19(31)14-30-11-9-26(10-12-30,25(32)33)17-5-7-18(27)8-6-17;;/h2-8,13,19,31H,9-12,14-15H2,1H3,(H,32,33);1H;1H2/t19-;;/m0../s1. The molecule has 10 nitrogen and oxygen atoms in total. The number of benzene rings is 2. The van der Waals surface area contributed by atoms with E-state index in [9.17, 15) is 19.4 Å². The van der Waals surface area contributed by atoms with Gasteiger partial charge in [-0.1, -0.05) is 18.2 Å². The summed E-state index contributed by atoms with van der Waals surface area (Å²) in [4.78, 5) is 14.2. The van der Waals surface area contributed by atoms with Gasteiger partial charge in [0.05, 0.1) is 10.8 Å². The molecule has 2 aromatic carbocycles. The number of halogens is 2. The van der Waals surface area contributed by atoms with Crippen molar-refractivity contribution in [1.82, 2.24) is 15.1 Å². The van der Waals surface area contributed by atoms with Crippen LogP contribution >= 0.6 is 17.0 Å². The molecule has 1 saturated heterocycles. The highest BCUT2D eigenvalue weighted by molar-refractivity contribution is 8.93. The van der Waals surface area contributed by atoms with Gasteiger partial charge in [-0.25, -0.2) is 4.39 Å². The molecular formula is C26H29BrFN3O7. The van der Waals surface area contributed by atoms with E-state index >= 15 is 0 Å². The van der Waals surface area contributed by atoms with Gasteiger partial charge in [0.15, 0.2) is 5.76 Å². The van der Waals surface area contributed by atoms with Crippen molar-refractivity contribution >= 4 is 33.9 Å². The molecule has 1 atom stereocenters. The number of likely N-dealkylation sites (tertiary alicyclic amines) is 1. The molecule has 0 unspecified atom stereocenters. The summed E-state index contributed by atoms with van der Waals surface area (Å²) in [7, 11) is 0. The van der Waals surface area contributed by atoms with Crippen molar-refractivity contribution in [2.75, 3.05) is 26.2 Å². The highest BCUT2D eigenvalue weighted by atomic mass is 79.9. The second-order valence-corrected chi connectivity index (χ2v) is 9.06. The first-order valence-corrected chi connectivity index (χ1v) is 11.7. The van der Waals surface area contributed by atoms with Crippen LogP contribution in [0.5, 0.6) is 5.75 Å². The zero-order valence-corrected chi connectivity index (χ0v) is 22.3. The van der Waals surface area contributed by atoms with E-state index in [0.29, 0.717) is 61.0 Å². The van der Waals surface area contributed by atoms with Crippen LogP contribution < -0.4 is 4.74 Å². The van der Waals surface area contributed by atoms with Crippen molar-refractivity contribution < 1.29 is 38.4 Å². The number of furan rings is 1. The summed E-state index contributed by atoms with van der Waals surface area (Å²) < 4.78 is 30.5. The number of aliphatic hydroxyl groups is 1. The van der Waals surface area contributed by atoms with Crippen molar-refractivity contribution in [1.29, 1.82) is 0 Å². The molecule has 0 radical (unpaired) electrons. The maximum absolute atomic E-state index is 13.3. The Morgan fingerprint density at radius 2 is 1.87 bits per heavy atom. The number of nitrogens with zero attached hydrogens (tertiary/aromatic N) is 3. The Balaban J connectivity index is 0.00000200. The number of carbonyl (C=O) groups is 1. The van der Waals surface area contributed by atoms with Crippen LogP contribution in [-0.2, 0) is 10.2 Å². The minimum absolute atomic E-state index is 0. The molecule has 1 aliphatic heterocycles. The summed E-state index contributed by atoms with van der Waals surface area (Å²) in [6.07, 6.45) is -0.0462. The quantitative estimate of drug-likeness (QED) is 0.312. The molecule has 204 valence electrons. The number of ether oxygens (including phenoxy) is 1. The van der Waals surface area contributed by atoms with E-state index in [1.54, 1.807) is 43.3 Å². The van der Waals surface area contributed by atoms with E-state index in [2.05, 4.69) is 10.2 Å². The summed E-state index contributed by atoms with van der Waals surface area (Å²) in [5.41, 5.74) is 0.134. The van der Waals surface area contributed by atoms with Gasteiger partial charge in [0.1, 0.15) is 29.9 Å². The Bertz CT molecular complexity index is 1370. The lowest BCUT2D eigenvalue weighted by Gasteiger charge is -2.39. The Kier molecular flexibility index (Phi) is 9.26. The number of piperidine rings is 1. The Labute approximate surface area is 228 Å². The minimum Gasteiger partial charge on any atom is -0.490 e. The van der Waals surface area contributed by atoms with E-state index in [1.807, 2.05) is 4.90 Å². The van der Waals surface area contributed by atoms with E-state index in [-0.39, 0.29) is 35.0 Å². The van der Waals surface area contributed by atoms with Crippen molar-refractivity contribution in [2.45, 2.75) is 31.3 Å². The first-order valence-electron chi connectivity index (χ1n) is 11.7. The molecule has 4 aromatic rings. The number of β-amino-alcohol motifs (C(OH)–C–C–N with tert-alkyl or cyclic N) is 1. The van der Waals surface area contributed by atoms with Gasteiger partial charge in [-0.05, 0) is 55.8 Å². The Morgan fingerprint density at radius 1 is 1.16 bits per heavy atom. The van der Waals surface area contributed by atoms with Gasteiger partial charge in [0.2, 0.25) is 5.89 Å². The van der Waals surface area contributed by atoms with Crippen molar-refractivity contribution in [3.8, 4) is 17.4 Å². The number of carboxylic acids is 1. The fourth-order valence-electron chi connectivity index (χ4n) is 4.71. The lowest BCUT2D eigenvalue weighted by molar-refractivity contribution is -0.146. The highest BCUT2D eigenvalue weighted by Crippen LogP contribution is 2.36. The van der Waals surface area contributed by atoms with Gasteiger partial charge in [0, 0.05) is 19.5 Å². The van der Waals surface area contributed by atoms with Gasteiger partial charge < -0.3 is 34.2 Å². The minimum atomic E-state index is -1.06. The molecule has 1 aliphatic rings. The van der Waals surface area contributed by atoms with Crippen LogP contribution in [0.25, 0.3) is 22.6 Å². The molecule has 0 aliphatic carbocycles. The molecule has 0 amide bonds. The van der Waals surface area contributed by atoms with Crippen LogP contribution in [0.2, 0.25) is 0 Å². The van der Waals surface area contributed by atoms with Crippen molar-refractivity contribution in [3.05, 3.63) is 65.8 Å². The number of rotatable bonds is 8. The molecule has 4 N–H and O–H groups in total. The zero-order chi connectivity index (χ0) is 25.3. The largest absolute Gasteiger partial charge is 0.490 e. The predicted octanol–water partition coefficient (Wildman–Crippen LogP) is 3.54. The van der Waals surface area contributed by atoms with Gasteiger partial charge in [-0.15, -0.1) is 27.2 Å². The summed E-state index contributed by atoms with van der Waals surface area (Å²) >= 11 is 0. The lowest BCUT2D eigenvalue weighted by atomic mass is 9.73. The number of hydrogen-bond acceptors (Lipinski definition) is 8. The van der Waals surface area contributed by atoms with Crippen LogP contribution in [0.1, 0.15) is 24.3 Å². The van der Waals surface area contributed by atoms with Gasteiger partial charge >= 0.3 is 5.97 Å². The number of fused-ring (bicyclic) bond motifs is 1. The van der Waals surface area contributed by atoms with Gasteiger partial charge in [-0.3, -0.25) is 4.79 Å². The number of aryl methyl sites for hydroxylation is 1. The molecular weight excluding hydrogens is 565 g/mol. The third-order valence-electron chi connectivity index (χ3n) is 6.67.